The van der Waals surface area contributed by atoms with E-state index in [0.29, 0.717) is 5.56 Å². The van der Waals surface area contributed by atoms with Crippen LogP contribution in [0.25, 0.3) is 0 Å². The van der Waals surface area contributed by atoms with Crippen LogP contribution in [0, 0.1) is 5.92 Å². The van der Waals surface area contributed by atoms with Crippen LogP contribution in [0.15, 0.2) is 24.3 Å². The number of benzene rings is 1. The van der Waals surface area contributed by atoms with Gasteiger partial charge in [0.15, 0.2) is 0 Å². The molecule has 0 saturated carbocycles. The van der Waals surface area contributed by atoms with Gasteiger partial charge in [0, 0.05) is 37.3 Å². The molecular weight excluding hydrogens is 280 g/mol. The Morgan fingerprint density at radius 2 is 1.82 bits per heavy atom. The number of ether oxygens (including phenoxy) is 1. The van der Waals surface area contributed by atoms with Crippen LogP contribution in [0.4, 0.5) is 5.69 Å². The Labute approximate surface area is 131 Å². The predicted octanol–water partition coefficient (Wildman–Crippen LogP) is 2.17. The molecule has 1 aromatic carbocycles. The Balaban J connectivity index is 2.04. The second-order valence-corrected chi connectivity index (χ2v) is 6.02. The maximum absolute atomic E-state index is 12.2. The summed E-state index contributed by atoms with van der Waals surface area (Å²) in [7, 11) is 1.38. The number of piperazine rings is 1. The third-order valence-corrected chi connectivity index (χ3v) is 4.06. The van der Waals surface area contributed by atoms with E-state index in [1.54, 1.807) is 12.1 Å². The molecule has 2 rings (SSSR count). The Kier molecular flexibility index (Phi) is 5.06. The van der Waals surface area contributed by atoms with Crippen LogP contribution in [0.2, 0.25) is 0 Å². The Bertz CT molecular complexity index is 539. The van der Waals surface area contributed by atoms with Crippen LogP contribution in [-0.4, -0.2) is 49.6 Å². The highest BCUT2D eigenvalue weighted by atomic mass is 16.5. The van der Waals surface area contributed by atoms with E-state index in [4.69, 9.17) is 4.74 Å². The molecule has 5 heteroatoms. The van der Waals surface area contributed by atoms with Crippen molar-refractivity contribution in [2.75, 3.05) is 31.6 Å². The van der Waals surface area contributed by atoms with Crippen LogP contribution in [0.1, 0.15) is 31.1 Å². The van der Waals surface area contributed by atoms with Gasteiger partial charge in [-0.1, -0.05) is 13.8 Å². The lowest BCUT2D eigenvalue weighted by Crippen LogP contribution is -2.55. The molecule has 1 heterocycles. The summed E-state index contributed by atoms with van der Waals surface area (Å²) in [6, 6.07) is 7.59. The van der Waals surface area contributed by atoms with Gasteiger partial charge in [-0.05, 0) is 31.2 Å². The van der Waals surface area contributed by atoms with E-state index in [0.717, 1.165) is 25.3 Å². The third kappa shape index (κ3) is 3.40. The number of anilines is 1. The highest BCUT2D eigenvalue weighted by molar-refractivity contribution is 5.89. The standard InChI is InChI=1S/C17H24N2O3/c1-12(2)16(20)19-10-9-18(11-13(19)3)15-7-5-14(6-8-15)17(21)22-4/h5-8,12-13H,9-11H2,1-4H3/t13-/m1/s1. The van der Waals surface area contributed by atoms with Gasteiger partial charge in [-0.25, -0.2) is 4.79 Å². The Morgan fingerprint density at radius 1 is 1.18 bits per heavy atom. The van der Waals surface area contributed by atoms with E-state index in [1.165, 1.54) is 7.11 Å². The average Bonchev–Trinajstić information content (AvgIpc) is 2.53. The molecular formula is C17H24N2O3. The number of rotatable bonds is 3. The number of hydrogen-bond acceptors (Lipinski definition) is 4. The summed E-state index contributed by atoms with van der Waals surface area (Å²) in [6.45, 7) is 8.29. The summed E-state index contributed by atoms with van der Waals surface area (Å²) >= 11 is 0. The van der Waals surface area contributed by atoms with E-state index in [1.807, 2.05) is 30.9 Å². The zero-order valence-corrected chi connectivity index (χ0v) is 13.7. The van der Waals surface area contributed by atoms with E-state index < -0.39 is 0 Å². The normalized spacial score (nSPS) is 18.5. The smallest absolute Gasteiger partial charge is 0.337 e. The molecule has 0 spiro atoms. The molecule has 1 fully saturated rings. The zero-order chi connectivity index (χ0) is 16.3. The average molecular weight is 304 g/mol. The fraction of sp³-hybridized carbons (Fsp3) is 0.529. The van der Waals surface area contributed by atoms with Crippen LogP contribution < -0.4 is 4.90 Å². The van der Waals surface area contributed by atoms with Crippen LogP contribution in [-0.2, 0) is 9.53 Å². The molecule has 0 N–H and O–H groups in total. The minimum Gasteiger partial charge on any atom is -0.465 e. The van der Waals surface area contributed by atoms with Gasteiger partial charge in [0.2, 0.25) is 5.91 Å². The molecule has 22 heavy (non-hydrogen) atoms. The van der Waals surface area contributed by atoms with E-state index in [2.05, 4.69) is 11.8 Å². The summed E-state index contributed by atoms with van der Waals surface area (Å²) in [4.78, 5) is 27.8. The first-order valence-corrected chi connectivity index (χ1v) is 7.68. The monoisotopic (exact) mass is 304 g/mol. The summed E-state index contributed by atoms with van der Waals surface area (Å²) in [6.07, 6.45) is 0. The lowest BCUT2D eigenvalue weighted by Gasteiger charge is -2.41. The molecule has 120 valence electrons. The zero-order valence-electron chi connectivity index (χ0n) is 13.7. The molecule has 5 nitrogen and oxygen atoms in total. The molecule has 0 aromatic heterocycles. The summed E-state index contributed by atoms with van der Waals surface area (Å²) in [5, 5.41) is 0. The molecule has 0 bridgehead atoms. The van der Waals surface area contributed by atoms with Crippen molar-refractivity contribution in [3.05, 3.63) is 29.8 Å². The quantitative estimate of drug-likeness (QED) is 0.803. The molecule has 1 amide bonds. The molecule has 1 aliphatic heterocycles. The molecule has 1 atom stereocenters. The summed E-state index contributed by atoms with van der Waals surface area (Å²) in [5.41, 5.74) is 1.61. The lowest BCUT2D eigenvalue weighted by molar-refractivity contribution is -0.136. The van der Waals surface area contributed by atoms with E-state index in [9.17, 15) is 9.59 Å². The summed E-state index contributed by atoms with van der Waals surface area (Å²) in [5.74, 6) is -0.0752. The fourth-order valence-electron chi connectivity index (χ4n) is 2.78. The highest BCUT2D eigenvalue weighted by Crippen LogP contribution is 2.21. The molecule has 0 radical (unpaired) electrons. The number of amides is 1. The van der Waals surface area contributed by atoms with Gasteiger partial charge in [0.1, 0.15) is 0 Å². The number of carbonyl (C=O) groups excluding carboxylic acids is 2. The first-order valence-electron chi connectivity index (χ1n) is 7.68. The van der Waals surface area contributed by atoms with E-state index in [-0.39, 0.29) is 23.8 Å². The number of hydrogen-bond donors (Lipinski definition) is 0. The van der Waals surface area contributed by atoms with Crippen molar-refractivity contribution >= 4 is 17.6 Å². The molecule has 1 aliphatic rings. The number of methoxy groups -OCH3 is 1. The van der Waals surface area contributed by atoms with Gasteiger partial charge in [0.05, 0.1) is 12.7 Å². The van der Waals surface area contributed by atoms with Gasteiger partial charge in [-0.3, -0.25) is 4.79 Å². The topological polar surface area (TPSA) is 49.9 Å². The van der Waals surface area contributed by atoms with Gasteiger partial charge in [0.25, 0.3) is 0 Å². The number of esters is 1. The fourth-order valence-corrected chi connectivity index (χ4v) is 2.78. The van der Waals surface area contributed by atoms with Crippen molar-refractivity contribution in [1.29, 1.82) is 0 Å². The lowest BCUT2D eigenvalue weighted by atomic mass is 10.1. The van der Waals surface area contributed by atoms with Crippen molar-refractivity contribution in [3.63, 3.8) is 0 Å². The molecule has 1 saturated heterocycles. The number of carbonyl (C=O) groups is 2. The van der Waals surface area contributed by atoms with E-state index >= 15 is 0 Å². The summed E-state index contributed by atoms with van der Waals surface area (Å²) < 4.78 is 4.70. The van der Waals surface area contributed by atoms with Crippen molar-refractivity contribution in [2.24, 2.45) is 5.92 Å². The van der Waals surface area contributed by atoms with Crippen molar-refractivity contribution < 1.29 is 14.3 Å². The van der Waals surface area contributed by atoms with Gasteiger partial charge >= 0.3 is 5.97 Å². The molecule has 1 aromatic rings. The highest BCUT2D eigenvalue weighted by Gasteiger charge is 2.28. The second-order valence-electron chi connectivity index (χ2n) is 6.02. The van der Waals surface area contributed by atoms with Crippen LogP contribution >= 0.6 is 0 Å². The molecule has 0 aliphatic carbocycles. The Hall–Kier alpha value is -2.04. The van der Waals surface area contributed by atoms with Crippen molar-refractivity contribution in [3.8, 4) is 0 Å². The van der Waals surface area contributed by atoms with Crippen molar-refractivity contribution in [1.82, 2.24) is 4.90 Å². The van der Waals surface area contributed by atoms with Crippen LogP contribution in [0.3, 0.4) is 0 Å². The predicted molar refractivity (Wildman–Crippen MR) is 86.0 cm³/mol. The van der Waals surface area contributed by atoms with Crippen LogP contribution in [0.5, 0.6) is 0 Å². The maximum Gasteiger partial charge on any atom is 0.337 e. The number of nitrogens with zero attached hydrogens (tertiary/aromatic N) is 2. The minimum absolute atomic E-state index is 0.0355. The molecule has 0 unspecified atom stereocenters. The minimum atomic E-state index is -0.327. The largest absolute Gasteiger partial charge is 0.465 e. The first-order chi connectivity index (χ1) is 10.4. The first kappa shape index (κ1) is 16.3. The van der Waals surface area contributed by atoms with Gasteiger partial charge < -0.3 is 14.5 Å². The van der Waals surface area contributed by atoms with Gasteiger partial charge in [-0.15, -0.1) is 0 Å². The third-order valence-electron chi connectivity index (χ3n) is 4.06. The van der Waals surface area contributed by atoms with Crippen molar-refractivity contribution in [2.45, 2.75) is 26.8 Å². The second kappa shape index (κ2) is 6.81. The SMILES string of the molecule is COC(=O)c1ccc(N2CCN(C(=O)C(C)C)[C@H](C)C2)cc1. The van der Waals surface area contributed by atoms with Gasteiger partial charge in [-0.2, -0.15) is 0 Å². The maximum atomic E-state index is 12.2. The Morgan fingerprint density at radius 3 is 2.32 bits per heavy atom.